The number of esters is 1. The summed E-state index contributed by atoms with van der Waals surface area (Å²) in [5.74, 6) is -1.65. The van der Waals surface area contributed by atoms with Gasteiger partial charge in [-0.15, -0.1) is 0 Å². The van der Waals surface area contributed by atoms with E-state index in [-0.39, 0.29) is 53.7 Å². The molecule has 5 N–H and O–H groups in total. The van der Waals surface area contributed by atoms with E-state index in [1.165, 1.54) is 17.2 Å². The number of aliphatic hydroxyl groups is 1. The summed E-state index contributed by atoms with van der Waals surface area (Å²) in [7, 11) is 0. The van der Waals surface area contributed by atoms with Gasteiger partial charge in [0.1, 0.15) is 52.3 Å². The Morgan fingerprint density at radius 2 is 0.897 bits per heavy atom. The van der Waals surface area contributed by atoms with E-state index in [4.69, 9.17) is 49.4 Å². The Morgan fingerprint density at radius 1 is 0.506 bits per heavy atom. The molecule has 454 valence electrons. The van der Waals surface area contributed by atoms with Crippen molar-refractivity contribution >= 4 is 44.6 Å². The SMILES string of the molecule is C.C.C[C@@]1(OCc2ccccc2)[C@H](OCc2ccccc2)[C@@H](COCc2ccccc2)OC1(O)c1ccc2c(N)ncnn12.C[C@]1(OCc2ccccc2)C(=O)O[C@H](COCc2ccccc2)[C@H]1OCc1ccccc1.Nc1ncnn2c(Br)ccc12. The zero-order valence-corrected chi connectivity index (χ0v) is 48.7. The van der Waals surface area contributed by atoms with Crippen LogP contribution in [0, 0.1) is 0 Å². The van der Waals surface area contributed by atoms with Crippen LogP contribution in [0.25, 0.3) is 11.0 Å². The quantitative estimate of drug-likeness (QED) is 0.0569. The fourth-order valence-corrected chi connectivity index (χ4v) is 10.6. The zero-order valence-electron chi connectivity index (χ0n) is 47.1. The molecule has 7 atom stereocenters. The lowest BCUT2D eigenvalue weighted by Gasteiger charge is -2.40. The van der Waals surface area contributed by atoms with Gasteiger partial charge < -0.3 is 54.5 Å². The van der Waals surface area contributed by atoms with Crippen molar-refractivity contribution in [2.45, 2.75) is 110 Å². The van der Waals surface area contributed by atoms with Crippen LogP contribution in [0.2, 0.25) is 0 Å². The van der Waals surface area contributed by atoms with Crippen LogP contribution in [-0.4, -0.2) is 89.1 Å². The number of fused-ring (bicyclic) bond motifs is 2. The van der Waals surface area contributed by atoms with Gasteiger partial charge in [0.25, 0.3) is 0 Å². The Bertz CT molecular complexity index is 3690. The van der Waals surface area contributed by atoms with Gasteiger partial charge >= 0.3 is 5.97 Å². The van der Waals surface area contributed by atoms with Crippen LogP contribution in [0.3, 0.4) is 0 Å². The van der Waals surface area contributed by atoms with Gasteiger partial charge in [0, 0.05) is 0 Å². The summed E-state index contributed by atoms with van der Waals surface area (Å²) in [4.78, 5) is 20.8. The summed E-state index contributed by atoms with van der Waals surface area (Å²) in [6, 6.07) is 66.3. The van der Waals surface area contributed by atoms with Gasteiger partial charge in [-0.2, -0.15) is 10.2 Å². The largest absolute Gasteiger partial charge is 0.455 e. The van der Waals surface area contributed by atoms with Crippen LogP contribution >= 0.6 is 15.9 Å². The Kier molecular flexibility index (Phi) is 22.7. The molecule has 87 heavy (non-hydrogen) atoms. The van der Waals surface area contributed by atoms with Crippen LogP contribution in [0.4, 0.5) is 11.6 Å². The van der Waals surface area contributed by atoms with Gasteiger partial charge in [-0.1, -0.05) is 197 Å². The Balaban J connectivity index is 0.000000192. The van der Waals surface area contributed by atoms with E-state index in [1.807, 2.05) is 201 Å². The van der Waals surface area contributed by atoms with Gasteiger partial charge in [-0.05, 0) is 87.4 Å². The van der Waals surface area contributed by atoms with Crippen molar-refractivity contribution in [1.29, 1.82) is 0 Å². The lowest BCUT2D eigenvalue weighted by molar-refractivity contribution is -0.294. The van der Waals surface area contributed by atoms with Crippen molar-refractivity contribution in [3.05, 3.63) is 263 Å². The molecule has 0 radical (unpaired) electrons. The number of aromatic nitrogens is 6. The number of carbonyl (C=O) groups is 1. The fourth-order valence-electron chi connectivity index (χ4n) is 10.1. The number of hydrogen-bond donors (Lipinski definition) is 3. The van der Waals surface area contributed by atoms with Crippen molar-refractivity contribution in [3.8, 4) is 0 Å². The van der Waals surface area contributed by atoms with Gasteiger partial charge in [-0.25, -0.2) is 23.8 Å². The molecule has 4 aromatic heterocycles. The number of nitrogens with zero attached hydrogens (tertiary/aromatic N) is 6. The molecular weight excluding hydrogens is 1170 g/mol. The molecule has 2 fully saturated rings. The Labute approximate surface area is 516 Å². The first kappa shape index (κ1) is 64.8. The van der Waals surface area contributed by atoms with Crippen molar-refractivity contribution in [1.82, 2.24) is 29.2 Å². The number of nitrogen functional groups attached to an aromatic ring is 2. The van der Waals surface area contributed by atoms with Crippen LogP contribution < -0.4 is 11.5 Å². The summed E-state index contributed by atoms with van der Waals surface area (Å²) < 4.78 is 53.9. The smallest absolute Gasteiger partial charge is 0.341 e. The number of carbonyl (C=O) groups excluding carboxylic acids is 1. The number of anilines is 2. The highest BCUT2D eigenvalue weighted by molar-refractivity contribution is 9.10. The third kappa shape index (κ3) is 15.5. The minimum Gasteiger partial charge on any atom is -0.455 e. The third-order valence-corrected chi connectivity index (χ3v) is 15.4. The number of benzene rings is 6. The Morgan fingerprint density at radius 3 is 1.37 bits per heavy atom. The van der Waals surface area contributed by atoms with E-state index in [0.717, 1.165) is 43.5 Å². The molecule has 0 spiro atoms. The second-order valence-electron chi connectivity index (χ2n) is 20.7. The highest BCUT2D eigenvalue weighted by Crippen LogP contribution is 2.50. The molecule has 10 aromatic rings. The lowest BCUT2D eigenvalue weighted by Crippen LogP contribution is -2.55. The van der Waals surface area contributed by atoms with E-state index in [1.54, 1.807) is 23.6 Å². The summed E-state index contributed by atoms with van der Waals surface area (Å²) in [6.45, 7) is 5.88. The fraction of sp³-hybridized carbons (Fsp3) is 0.279. The van der Waals surface area contributed by atoms with Crippen LogP contribution in [0.15, 0.2) is 224 Å². The molecule has 2 aliphatic rings. The molecule has 6 heterocycles. The molecule has 0 saturated carbocycles. The molecule has 0 amide bonds. The summed E-state index contributed by atoms with van der Waals surface area (Å²) in [6.07, 6.45) is 0.189. The van der Waals surface area contributed by atoms with Crippen LogP contribution in [0.5, 0.6) is 0 Å². The second-order valence-corrected chi connectivity index (χ2v) is 21.5. The van der Waals surface area contributed by atoms with E-state index in [2.05, 4.69) is 36.1 Å². The normalized spacial score (nSPS) is 21.2. The second kappa shape index (κ2) is 30.4. The molecule has 19 heteroatoms. The molecule has 18 nitrogen and oxygen atoms in total. The number of nitrogens with two attached hydrogens (primary N) is 2. The van der Waals surface area contributed by atoms with Crippen LogP contribution in [-0.2, 0) is 88.1 Å². The molecule has 1 unspecified atom stereocenters. The highest BCUT2D eigenvalue weighted by atomic mass is 79.9. The standard InChI is InChI=1S/C33H34N4O5.C27H28O5.C6H5BrN4.2CH4/c1-32(41-21-26-15-9-4-10-16-26)30(40-20-25-13-7-3-8-14-25)28(22-39-19-24-11-5-2-6-12-24)42-33(32,38)29-18-17-27-31(34)35-23-36-37(27)29;1-27(31-19-23-15-9-4-10-16-23)25(30-18-22-13-7-3-8-14-22)24(32-26(27)28)20-29-17-21-11-5-2-6-12-21;7-5-2-1-4-6(8)9-3-10-11(4)5;;/h2-18,23,28,30,38H,19-22H2,1H3,(H2,34,35,36);2-16,24-25H,17-20H2,1H3;1-3H,(H2,8,9,10);2*1H4/t28-,30-,32-,33?;24-,25-,27-;;;/m11.../s1. The maximum absolute atomic E-state index is 12.9. The number of ether oxygens (including phenoxy) is 8. The highest BCUT2D eigenvalue weighted by Gasteiger charge is 2.67. The molecule has 2 saturated heterocycles. The first-order valence-electron chi connectivity index (χ1n) is 27.8. The minimum atomic E-state index is -1.99. The minimum absolute atomic E-state index is 0. The summed E-state index contributed by atoms with van der Waals surface area (Å²) >= 11 is 3.32. The predicted octanol–water partition coefficient (Wildman–Crippen LogP) is 11.7. The molecule has 6 aromatic carbocycles. The number of cyclic esters (lactones) is 1. The van der Waals surface area contributed by atoms with E-state index >= 15 is 0 Å². The van der Waals surface area contributed by atoms with Crippen molar-refractivity contribution in [2.75, 3.05) is 24.7 Å². The molecule has 12 rings (SSSR count). The molecule has 0 bridgehead atoms. The predicted molar refractivity (Wildman–Crippen MR) is 336 cm³/mol. The summed E-state index contributed by atoms with van der Waals surface area (Å²) in [5.41, 5.74) is 16.8. The topological polar surface area (TPSA) is 224 Å². The van der Waals surface area contributed by atoms with Gasteiger partial charge in [0.15, 0.2) is 28.9 Å². The maximum Gasteiger partial charge on any atom is 0.341 e. The average molecular weight is 1240 g/mol. The lowest BCUT2D eigenvalue weighted by atomic mass is 9.87. The third-order valence-electron chi connectivity index (χ3n) is 14.8. The van der Waals surface area contributed by atoms with Crippen LogP contribution in [0.1, 0.15) is 67.8 Å². The van der Waals surface area contributed by atoms with Crippen molar-refractivity contribution in [2.24, 2.45) is 0 Å². The van der Waals surface area contributed by atoms with E-state index in [0.29, 0.717) is 36.8 Å². The van der Waals surface area contributed by atoms with Gasteiger partial charge in [0.2, 0.25) is 5.79 Å². The van der Waals surface area contributed by atoms with Crippen molar-refractivity contribution < 1.29 is 47.8 Å². The first-order chi connectivity index (χ1) is 41.4. The number of rotatable bonds is 21. The van der Waals surface area contributed by atoms with E-state index < -0.39 is 47.4 Å². The summed E-state index contributed by atoms with van der Waals surface area (Å²) in [5, 5.41) is 20.9. The van der Waals surface area contributed by atoms with Crippen molar-refractivity contribution in [3.63, 3.8) is 0 Å². The molecule has 2 aliphatic heterocycles. The number of halogens is 1. The van der Waals surface area contributed by atoms with Gasteiger partial charge in [0.05, 0.1) is 52.9 Å². The maximum atomic E-state index is 12.9. The monoisotopic (exact) mass is 1240 g/mol. The average Bonchev–Trinajstić information content (AvgIpc) is 1.60. The number of hydrogen-bond acceptors (Lipinski definition) is 16. The van der Waals surface area contributed by atoms with E-state index in [9.17, 15) is 9.90 Å². The molecular formula is C68H75BrN8O10. The zero-order chi connectivity index (χ0) is 59.1. The van der Waals surface area contributed by atoms with Gasteiger partial charge in [-0.3, -0.25) is 0 Å². The molecule has 0 aliphatic carbocycles. The first-order valence-corrected chi connectivity index (χ1v) is 28.5. The Hall–Kier alpha value is -8.21.